The second-order valence-electron chi connectivity index (χ2n) is 3.96. The van der Waals surface area contributed by atoms with Crippen LogP contribution in [0.4, 0.5) is 13.2 Å². The lowest BCUT2D eigenvalue weighted by Crippen LogP contribution is -2.11. The summed E-state index contributed by atoms with van der Waals surface area (Å²) in [7, 11) is 0. The van der Waals surface area contributed by atoms with Gasteiger partial charge < -0.3 is 5.32 Å². The maximum Gasteiger partial charge on any atom is 0.417 e. The molecular formula is C13H10F3N3O. The van der Waals surface area contributed by atoms with Crippen molar-refractivity contribution in [1.29, 1.82) is 0 Å². The number of nitrogens with zero attached hydrogens (tertiary/aromatic N) is 2. The Morgan fingerprint density at radius 3 is 2.60 bits per heavy atom. The van der Waals surface area contributed by atoms with Crippen molar-refractivity contribution in [3.8, 4) is 11.3 Å². The predicted octanol–water partition coefficient (Wildman–Crippen LogP) is 2.41. The molecule has 0 aliphatic rings. The van der Waals surface area contributed by atoms with E-state index in [0.717, 1.165) is 12.3 Å². The second-order valence-corrected chi connectivity index (χ2v) is 3.96. The summed E-state index contributed by atoms with van der Waals surface area (Å²) in [5.41, 5.74) is 0.846. The van der Waals surface area contributed by atoms with Crippen LogP contribution in [0.3, 0.4) is 0 Å². The van der Waals surface area contributed by atoms with Gasteiger partial charge in [0.2, 0.25) is 6.41 Å². The third-order valence-electron chi connectivity index (χ3n) is 2.57. The molecule has 0 spiro atoms. The van der Waals surface area contributed by atoms with Crippen LogP contribution < -0.4 is 5.32 Å². The lowest BCUT2D eigenvalue weighted by Gasteiger charge is -2.07. The van der Waals surface area contributed by atoms with Gasteiger partial charge in [-0.05, 0) is 24.3 Å². The van der Waals surface area contributed by atoms with Gasteiger partial charge in [-0.1, -0.05) is 0 Å². The molecule has 104 valence electrons. The van der Waals surface area contributed by atoms with Crippen LogP contribution in [-0.2, 0) is 17.5 Å². The molecule has 2 aromatic heterocycles. The molecule has 0 unspecified atom stereocenters. The number of halogens is 3. The highest BCUT2D eigenvalue weighted by atomic mass is 19.4. The lowest BCUT2D eigenvalue weighted by molar-refractivity contribution is -0.137. The Hall–Kier alpha value is -2.44. The van der Waals surface area contributed by atoms with Crippen molar-refractivity contribution in [2.45, 2.75) is 12.7 Å². The van der Waals surface area contributed by atoms with E-state index in [4.69, 9.17) is 0 Å². The molecule has 0 saturated heterocycles. The fraction of sp³-hybridized carbons (Fsp3) is 0.154. The standard InChI is InChI=1S/C13H10F3N3O/c14-13(15,16)10-1-2-12(19-6-10)9-3-4-18-11(5-9)7-17-8-20/h1-6,8H,7H2,(H,17,20). The molecule has 4 nitrogen and oxygen atoms in total. The van der Waals surface area contributed by atoms with E-state index in [9.17, 15) is 18.0 Å². The molecule has 0 fully saturated rings. The van der Waals surface area contributed by atoms with Crippen LogP contribution in [0.1, 0.15) is 11.3 Å². The molecule has 0 atom stereocenters. The summed E-state index contributed by atoms with van der Waals surface area (Å²) in [5, 5.41) is 2.46. The molecule has 2 aromatic rings. The first-order chi connectivity index (χ1) is 9.50. The van der Waals surface area contributed by atoms with Gasteiger partial charge in [-0.2, -0.15) is 13.2 Å². The third kappa shape index (κ3) is 3.31. The zero-order valence-electron chi connectivity index (χ0n) is 10.2. The zero-order valence-corrected chi connectivity index (χ0v) is 10.2. The molecule has 20 heavy (non-hydrogen) atoms. The Kier molecular flexibility index (Phi) is 3.97. The summed E-state index contributed by atoms with van der Waals surface area (Å²) >= 11 is 0. The van der Waals surface area contributed by atoms with Gasteiger partial charge in [0, 0.05) is 18.0 Å². The molecule has 0 saturated carbocycles. The zero-order chi connectivity index (χ0) is 14.6. The number of carbonyl (C=O) groups is 1. The van der Waals surface area contributed by atoms with E-state index >= 15 is 0 Å². The highest BCUT2D eigenvalue weighted by molar-refractivity contribution is 5.59. The smallest absolute Gasteiger partial charge is 0.353 e. The first-order valence-corrected chi connectivity index (χ1v) is 5.66. The van der Waals surface area contributed by atoms with Crippen LogP contribution in [0.5, 0.6) is 0 Å². The molecule has 0 radical (unpaired) electrons. The number of amides is 1. The number of rotatable bonds is 4. The topological polar surface area (TPSA) is 54.9 Å². The first-order valence-electron chi connectivity index (χ1n) is 5.66. The molecule has 0 aliphatic carbocycles. The summed E-state index contributed by atoms with van der Waals surface area (Å²) in [6, 6.07) is 5.58. The summed E-state index contributed by atoms with van der Waals surface area (Å²) in [6.07, 6.45) is -1.55. The van der Waals surface area contributed by atoms with Gasteiger partial charge in [0.1, 0.15) is 0 Å². The normalized spacial score (nSPS) is 11.2. The van der Waals surface area contributed by atoms with E-state index in [0.29, 0.717) is 23.4 Å². The van der Waals surface area contributed by atoms with Crippen LogP contribution in [0.25, 0.3) is 11.3 Å². The number of hydrogen-bond acceptors (Lipinski definition) is 3. The van der Waals surface area contributed by atoms with E-state index in [1.807, 2.05) is 0 Å². The Morgan fingerprint density at radius 2 is 2.00 bits per heavy atom. The van der Waals surface area contributed by atoms with Crippen molar-refractivity contribution < 1.29 is 18.0 Å². The van der Waals surface area contributed by atoms with Crippen molar-refractivity contribution >= 4 is 6.41 Å². The van der Waals surface area contributed by atoms with Gasteiger partial charge >= 0.3 is 6.18 Å². The molecular weight excluding hydrogens is 271 g/mol. The van der Waals surface area contributed by atoms with Crippen molar-refractivity contribution in [3.63, 3.8) is 0 Å². The Bertz CT molecular complexity index is 597. The molecule has 1 amide bonds. The predicted molar refractivity (Wildman–Crippen MR) is 65.4 cm³/mol. The van der Waals surface area contributed by atoms with Gasteiger partial charge in [0.15, 0.2) is 0 Å². The summed E-state index contributed by atoms with van der Waals surface area (Å²) in [4.78, 5) is 18.0. The third-order valence-corrected chi connectivity index (χ3v) is 2.57. The highest BCUT2D eigenvalue weighted by Crippen LogP contribution is 2.29. The first kappa shape index (κ1) is 14.0. The Balaban J connectivity index is 2.25. The van der Waals surface area contributed by atoms with Crippen molar-refractivity contribution in [1.82, 2.24) is 15.3 Å². The number of nitrogens with one attached hydrogen (secondary N) is 1. The van der Waals surface area contributed by atoms with Crippen LogP contribution >= 0.6 is 0 Å². The molecule has 0 bridgehead atoms. The van der Waals surface area contributed by atoms with Crippen molar-refractivity contribution in [3.05, 3.63) is 47.9 Å². The number of aromatic nitrogens is 2. The van der Waals surface area contributed by atoms with Gasteiger partial charge in [0.05, 0.1) is 23.5 Å². The number of hydrogen-bond donors (Lipinski definition) is 1. The summed E-state index contributed by atoms with van der Waals surface area (Å²) < 4.78 is 37.3. The Morgan fingerprint density at radius 1 is 1.20 bits per heavy atom. The molecule has 7 heteroatoms. The van der Waals surface area contributed by atoms with E-state index in [-0.39, 0.29) is 6.54 Å². The van der Waals surface area contributed by atoms with E-state index in [1.54, 1.807) is 12.1 Å². The summed E-state index contributed by atoms with van der Waals surface area (Å²) in [5.74, 6) is 0. The van der Waals surface area contributed by atoms with Crippen LogP contribution in [0.2, 0.25) is 0 Å². The molecule has 2 heterocycles. The average molecular weight is 281 g/mol. The van der Waals surface area contributed by atoms with Crippen LogP contribution in [-0.4, -0.2) is 16.4 Å². The second kappa shape index (κ2) is 5.68. The number of pyridine rings is 2. The van der Waals surface area contributed by atoms with Gasteiger partial charge in [0.25, 0.3) is 0 Å². The van der Waals surface area contributed by atoms with E-state index < -0.39 is 11.7 Å². The molecule has 0 aliphatic heterocycles. The monoisotopic (exact) mass is 281 g/mol. The maximum absolute atomic E-state index is 12.4. The van der Waals surface area contributed by atoms with Gasteiger partial charge in [-0.25, -0.2) is 0 Å². The molecule has 1 N–H and O–H groups in total. The van der Waals surface area contributed by atoms with Gasteiger partial charge in [-0.3, -0.25) is 14.8 Å². The quantitative estimate of drug-likeness (QED) is 0.876. The summed E-state index contributed by atoms with van der Waals surface area (Å²) in [6.45, 7) is 0.248. The molecule has 0 aromatic carbocycles. The lowest BCUT2D eigenvalue weighted by atomic mass is 10.1. The van der Waals surface area contributed by atoms with Crippen LogP contribution in [0, 0.1) is 0 Å². The van der Waals surface area contributed by atoms with Crippen molar-refractivity contribution in [2.24, 2.45) is 0 Å². The fourth-order valence-corrected chi connectivity index (χ4v) is 1.61. The minimum absolute atomic E-state index is 0.248. The van der Waals surface area contributed by atoms with E-state index in [1.165, 1.54) is 12.3 Å². The van der Waals surface area contributed by atoms with Gasteiger partial charge in [-0.15, -0.1) is 0 Å². The van der Waals surface area contributed by atoms with Crippen LogP contribution in [0.15, 0.2) is 36.7 Å². The number of carbonyl (C=O) groups excluding carboxylic acids is 1. The SMILES string of the molecule is O=CNCc1cc(-c2ccc(C(F)(F)F)cn2)ccn1. The minimum Gasteiger partial charge on any atom is -0.353 e. The molecule has 2 rings (SSSR count). The average Bonchev–Trinajstić information content (AvgIpc) is 2.45. The fourth-order valence-electron chi connectivity index (χ4n) is 1.61. The van der Waals surface area contributed by atoms with Crippen molar-refractivity contribution in [2.75, 3.05) is 0 Å². The maximum atomic E-state index is 12.4. The Labute approximate surface area is 112 Å². The minimum atomic E-state index is -4.40. The largest absolute Gasteiger partial charge is 0.417 e. The highest BCUT2D eigenvalue weighted by Gasteiger charge is 2.30. The van der Waals surface area contributed by atoms with E-state index in [2.05, 4.69) is 15.3 Å². The number of alkyl halides is 3.